The monoisotopic (exact) mass is 208 g/mol. The third kappa shape index (κ3) is 329. The Kier molecular flexibility index (Phi) is 14.9. The number of halogens is 4. The minimum Gasteiger partial charge on any atom is -0.750 e. The van der Waals surface area contributed by atoms with Gasteiger partial charge in [-0.15, -0.1) is 17.6 Å². The summed E-state index contributed by atoms with van der Waals surface area (Å²) in [6.45, 7) is 0. The molecule has 0 aromatic heterocycles. The van der Waals surface area contributed by atoms with Gasteiger partial charge in [-0.2, -0.15) is 0 Å². The normalized spacial score (nSPS) is 12.2. The molecule has 0 saturated heterocycles. The van der Waals surface area contributed by atoms with Crippen molar-refractivity contribution in [3.8, 4) is 0 Å². The molecule has 1 atom stereocenters. The molecule has 9 heteroatoms. The molecular formula is CHF4KO3S. The summed E-state index contributed by atoms with van der Waals surface area (Å²) in [5.41, 5.74) is 0. The molecule has 1 unspecified atom stereocenters. The molecule has 0 rings (SSSR count). The van der Waals surface area contributed by atoms with Gasteiger partial charge in [-0.25, -0.2) is 4.21 Å². The molecule has 1 N–H and O–H groups in total. The van der Waals surface area contributed by atoms with Crippen molar-refractivity contribution in [2.24, 2.45) is 0 Å². The van der Waals surface area contributed by atoms with Crippen LogP contribution in [0, 0.1) is 0 Å². The molecular weight excluding hydrogens is 207 g/mol. The van der Waals surface area contributed by atoms with Gasteiger partial charge in [0.25, 0.3) is 0 Å². The van der Waals surface area contributed by atoms with E-state index in [-0.39, 0.29) is 51.4 Å². The summed E-state index contributed by atoms with van der Waals surface area (Å²) in [7, 11) is 0. The van der Waals surface area contributed by atoms with Gasteiger partial charge in [0, 0.05) is 0 Å². The van der Waals surface area contributed by atoms with Crippen LogP contribution in [0.5, 0.6) is 0 Å². The summed E-state index contributed by atoms with van der Waals surface area (Å²) >= 11 is -2.86. The maximum Gasteiger partial charge on any atom is 1.00 e. The van der Waals surface area contributed by atoms with Gasteiger partial charge in [-0.3, -0.25) is 0 Å². The SMILES string of the molecule is FC(F)(F)F.O=S([O-])O.[K+]. The number of rotatable bonds is 0. The second-order valence-corrected chi connectivity index (χ2v) is 1.08. The Morgan fingerprint density at radius 1 is 1.30 bits per heavy atom. The smallest absolute Gasteiger partial charge is 0.750 e. The van der Waals surface area contributed by atoms with E-state index in [9.17, 15) is 17.6 Å². The fraction of sp³-hybridized carbons (Fsp3) is 1.00. The van der Waals surface area contributed by atoms with E-state index in [1.54, 1.807) is 0 Å². The summed E-state index contributed by atoms with van der Waals surface area (Å²) in [5, 5.41) is 0. The Hall–Kier alpha value is 1.43. The first-order chi connectivity index (χ1) is 3.73. The van der Waals surface area contributed by atoms with Crippen molar-refractivity contribution in [2.45, 2.75) is 6.43 Å². The van der Waals surface area contributed by atoms with Crippen LogP contribution in [-0.2, 0) is 11.4 Å². The summed E-state index contributed by atoms with van der Waals surface area (Å²) in [6, 6.07) is 0. The Morgan fingerprint density at radius 2 is 1.30 bits per heavy atom. The van der Waals surface area contributed by atoms with Crippen molar-refractivity contribution in [1.82, 2.24) is 0 Å². The third-order valence-electron chi connectivity index (χ3n) is 0. The minimum absolute atomic E-state index is 0. The van der Waals surface area contributed by atoms with E-state index in [1.165, 1.54) is 0 Å². The van der Waals surface area contributed by atoms with Crippen molar-refractivity contribution >= 4 is 11.4 Å². The molecule has 0 aliphatic heterocycles. The van der Waals surface area contributed by atoms with E-state index < -0.39 is 17.8 Å². The number of alkyl halides is 4. The quantitative estimate of drug-likeness (QED) is 0.280. The van der Waals surface area contributed by atoms with Crippen molar-refractivity contribution in [3.05, 3.63) is 0 Å². The molecule has 0 bridgehead atoms. The van der Waals surface area contributed by atoms with E-state index >= 15 is 0 Å². The van der Waals surface area contributed by atoms with E-state index in [1.807, 2.05) is 0 Å². The van der Waals surface area contributed by atoms with E-state index in [4.69, 9.17) is 13.3 Å². The molecule has 0 fully saturated rings. The molecule has 0 spiro atoms. The fourth-order valence-corrected chi connectivity index (χ4v) is 0. The first-order valence-electron chi connectivity index (χ1n) is 1.27. The van der Waals surface area contributed by atoms with Crippen molar-refractivity contribution in [2.75, 3.05) is 0 Å². The molecule has 0 heterocycles. The first kappa shape index (κ1) is 17.5. The van der Waals surface area contributed by atoms with Crippen LogP contribution in [-0.4, -0.2) is 19.7 Å². The largest absolute Gasteiger partial charge is 1.00 e. The van der Waals surface area contributed by atoms with Gasteiger partial charge < -0.3 is 9.11 Å². The van der Waals surface area contributed by atoms with E-state index in [0.717, 1.165) is 0 Å². The van der Waals surface area contributed by atoms with Gasteiger partial charge in [-0.1, -0.05) is 0 Å². The topological polar surface area (TPSA) is 60.4 Å². The molecule has 0 radical (unpaired) electrons. The number of hydrogen-bond donors (Lipinski definition) is 1. The van der Waals surface area contributed by atoms with E-state index in [0.29, 0.717) is 0 Å². The summed E-state index contributed by atoms with van der Waals surface area (Å²) in [6.07, 6.45) is -5.50. The van der Waals surface area contributed by atoms with Crippen molar-refractivity contribution < 1.29 is 82.3 Å². The van der Waals surface area contributed by atoms with Crippen LogP contribution >= 0.6 is 0 Å². The molecule has 3 nitrogen and oxygen atoms in total. The van der Waals surface area contributed by atoms with Crippen molar-refractivity contribution in [3.63, 3.8) is 0 Å². The Labute approximate surface area is 98.7 Å². The van der Waals surface area contributed by atoms with Gasteiger partial charge in [-0.05, 0) is 0 Å². The Morgan fingerprint density at radius 3 is 1.30 bits per heavy atom. The first-order valence-corrected chi connectivity index (χ1v) is 2.30. The molecule has 0 saturated carbocycles. The average molecular weight is 208 g/mol. The summed E-state index contributed by atoms with van der Waals surface area (Å²) < 4.78 is 62.8. The van der Waals surface area contributed by atoms with Gasteiger partial charge in [0.1, 0.15) is 0 Å². The van der Waals surface area contributed by atoms with Crippen LogP contribution in [0.3, 0.4) is 0 Å². The Balaban J connectivity index is -0.0000000910. The van der Waals surface area contributed by atoms with Gasteiger partial charge >= 0.3 is 57.8 Å². The standard InChI is InChI=1S/CF4.K.H2O3S/c2-1(3,4)5;;1-4(2)3/h;;(H2,1,2,3)/q;+1;/p-1. The van der Waals surface area contributed by atoms with Gasteiger partial charge in [0.2, 0.25) is 0 Å². The van der Waals surface area contributed by atoms with Crippen LogP contribution in [0.15, 0.2) is 0 Å². The average Bonchev–Trinajstić information content (AvgIpc) is 1.19. The molecule has 0 aromatic carbocycles. The summed E-state index contributed by atoms with van der Waals surface area (Å²) in [5.74, 6) is 0. The van der Waals surface area contributed by atoms with Crippen molar-refractivity contribution in [1.29, 1.82) is 0 Å². The maximum atomic E-state index is 9.69. The van der Waals surface area contributed by atoms with Crippen LogP contribution in [0.2, 0.25) is 0 Å². The molecule has 10 heavy (non-hydrogen) atoms. The van der Waals surface area contributed by atoms with Crippen LogP contribution in [0.4, 0.5) is 17.6 Å². The second kappa shape index (κ2) is 8.52. The predicted octanol–water partition coefficient (Wildman–Crippen LogP) is -2.18. The summed E-state index contributed by atoms with van der Waals surface area (Å²) in [4.78, 5) is 0. The van der Waals surface area contributed by atoms with Crippen LogP contribution in [0.25, 0.3) is 0 Å². The minimum atomic E-state index is -5.50. The molecule has 0 aliphatic carbocycles. The van der Waals surface area contributed by atoms with Gasteiger partial charge in [0.15, 0.2) is 0 Å². The molecule has 0 aliphatic rings. The number of hydrogen-bond acceptors (Lipinski definition) is 2. The van der Waals surface area contributed by atoms with E-state index in [2.05, 4.69) is 0 Å². The predicted molar refractivity (Wildman–Crippen MR) is 18.7 cm³/mol. The molecule has 0 aromatic rings. The zero-order valence-electron chi connectivity index (χ0n) is 4.68. The maximum absolute atomic E-state index is 9.69. The Bertz CT molecular complexity index is 83.0. The van der Waals surface area contributed by atoms with Crippen LogP contribution in [0.1, 0.15) is 0 Å². The molecule has 0 amide bonds. The second-order valence-electron chi connectivity index (χ2n) is 0.646. The third-order valence-corrected chi connectivity index (χ3v) is 0. The van der Waals surface area contributed by atoms with Crippen LogP contribution < -0.4 is 51.4 Å². The molecule has 58 valence electrons. The zero-order valence-corrected chi connectivity index (χ0v) is 8.62. The fourth-order valence-electron chi connectivity index (χ4n) is 0. The zero-order chi connectivity index (χ0) is 8.08. The van der Waals surface area contributed by atoms with Gasteiger partial charge in [0.05, 0.1) is 11.4 Å².